The largest absolute Gasteiger partial charge is 0.508 e. The highest BCUT2D eigenvalue weighted by Crippen LogP contribution is 2.32. The van der Waals surface area contributed by atoms with Crippen LogP contribution in [0.3, 0.4) is 0 Å². The van der Waals surface area contributed by atoms with Crippen LogP contribution in [0.15, 0.2) is 54.7 Å². The van der Waals surface area contributed by atoms with Crippen LogP contribution in [0, 0.1) is 0 Å². The first-order valence-corrected chi connectivity index (χ1v) is 6.07. The van der Waals surface area contributed by atoms with Gasteiger partial charge >= 0.3 is 0 Å². The quantitative estimate of drug-likeness (QED) is 0.623. The number of aromatic nitrogens is 2. The molecule has 0 radical (unpaired) electrons. The van der Waals surface area contributed by atoms with E-state index in [9.17, 15) is 10.2 Å². The predicted molar refractivity (Wildman–Crippen MR) is 76.7 cm³/mol. The number of nitrogens with zero attached hydrogens (tertiary/aromatic N) is 2. The van der Waals surface area contributed by atoms with Crippen molar-refractivity contribution < 1.29 is 10.2 Å². The second kappa shape index (κ2) is 4.62. The van der Waals surface area contributed by atoms with Crippen LogP contribution in [-0.4, -0.2) is 20.0 Å². The minimum Gasteiger partial charge on any atom is -0.508 e. The molecule has 4 N–H and O–H groups in total. The molecule has 0 saturated carbocycles. The van der Waals surface area contributed by atoms with Gasteiger partial charge in [0.25, 0.3) is 0 Å². The van der Waals surface area contributed by atoms with Crippen molar-refractivity contribution in [3.05, 3.63) is 54.7 Å². The molecule has 2 aromatic carbocycles. The average Bonchev–Trinajstić information content (AvgIpc) is 2.88. The first-order chi connectivity index (χ1) is 9.65. The number of nitrogen functional groups attached to an aromatic ring is 1. The Morgan fingerprint density at radius 1 is 0.950 bits per heavy atom. The van der Waals surface area contributed by atoms with Crippen LogP contribution in [0.4, 0.5) is 5.69 Å². The molecule has 0 unspecified atom stereocenters. The fourth-order valence-electron chi connectivity index (χ4n) is 2.07. The molecule has 0 saturated heterocycles. The van der Waals surface area contributed by atoms with E-state index in [-0.39, 0.29) is 11.5 Å². The highest BCUT2D eigenvalue weighted by atomic mass is 16.3. The molecule has 20 heavy (non-hydrogen) atoms. The summed E-state index contributed by atoms with van der Waals surface area (Å²) in [5.74, 6) is 0.0204. The van der Waals surface area contributed by atoms with Gasteiger partial charge in [-0.2, -0.15) is 5.10 Å². The highest BCUT2D eigenvalue weighted by molar-refractivity contribution is 5.69. The van der Waals surface area contributed by atoms with Crippen molar-refractivity contribution in [2.24, 2.45) is 0 Å². The number of rotatable bonds is 2. The Hall–Kier alpha value is -2.95. The maximum atomic E-state index is 9.96. The number of aromatic hydroxyl groups is 2. The molecule has 0 spiro atoms. The van der Waals surface area contributed by atoms with Gasteiger partial charge in [0, 0.05) is 17.3 Å². The van der Waals surface area contributed by atoms with E-state index in [1.54, 1.807) is 35.1 Å². The number of nitrogens with two attached hydrogens (primary N) is 1. The molecule has 1 heterocycles. The monoisotopic (exact) mass is 267 g/mol. The zero-order valence-electron chi connectivity index (χ0n) is 10.6. The van der Waals surface area contributed by atoms with Crippen molar-refractivity contribution in [1.82, 2.24) is 9.78 Å². The van der Waals surface area contributed by atoms with Gasteiger partial charge in [0.2, 0.25) is 0 Å². The molecule has 0 aliphatic rings. The lowest BCUT2D eigenvalue weighted by atomic mass is 10.1. The maximum absolute atomic E-state index is 9.96. The second-order valence-corrected chi connectivity index (χ2v) is 4.42. The lowest BCUT2D eigenvalue weighted by Gasteiger charge is -2.09. The fourth-order valence-corrected chi connectivity index (χ4v) is 2.07. The lowest BCUT2D eigenvalue weighted by Crippen LogP contribution is -1.99. The van der Waals surface area contributed by atoms with Crippen molar-refractivity contribution in [3.63, 3.8) is 0 Å². The number of phenols is 2. The highest BCUT2D eigenvalue weighted by Gasteiger charge is 2.11. The minimum absolute atomic E-state index is 0.00203. The van der Waals surface area contributed by atoms with E-state index in [1.807, 2.05) is 12.1 Å². The van der Waals surface area contributed by atoms with E-state index in [1.165, 1.54) is 12.1 Å². The van der Waals surface area contributed by atoms with E-state index in [4.69, 9.17) is 5.73 Å². The Kier molecular flexibility index (Phi) is 2.80. The van der Waals surface area contributed by atoms with E-state index >= 15 is 0 Å². The summed E-state index contributed by atoms with van der Waals surface area (Å²) in [5, 5.41) is 23.6. The average molecular weight is 267 g/mol. The molecule has 5 nitrogen and oxygen atoms in total. The Morgan fingerprint density at radius 3 is 2.40 bits per heavy atom. The number of hydrogen-bond donors (Lipinski definition) is 3. The van der Waals surface area contributed by atoms with Crippen molar-refractivity contribution in [2.45, 2.75) is 0 Å². The molecule has 0 atom stereocenters. The van der Waals surface area contributed by atoms with Gasteiger partial charge in [0.15, 0.2) is 0 Å². The van der Waals surface area contributed by atoms with E-state index in [0.717, 1.165) is 11.4 Å². The van der Waals surface area contributed by atoms with Gasteiger partial charge in [-0.05, 0) is 42.5 Å². The van der Waals surface area contributed by atoms with Crippen molar-refractivity contribution in [2.75, 3.05) is 5.73 Å². The first kappa shape index (κ1) is 12.1. The SMILES string of the molecule is Nc1ccc(-n2nccc2-c2ccc(O)cc2O)cc1. The standard InChI is InChI=1S/C15H13N3O2/c16-10-1-3-11(4-2-10)18-14(7-8-17-18)13-6-5-12(19)9-15(13)20/h1-9,19-20H,16H2. The van der Waals surface area contributed by atoms with Crippen LogP contribution < -0.4 is 5.73 Å². The topological polar surface area (TPSA) is 84.3 Å². The molecule has 0 fully saturated rings. The third-order valence-corrected chi connectivity index (χ3v) is 3.04. The van der Waals surface area contributed by atoms with Gasteiger partial charge in [0.05, 0.1) is 17.6 Å². The van der Waals surface area contributed by atoms with Crippen molar-refractivity contribution in [1.29, 1.82) is 0 Å². The zero-order chi connectivity index (χ0) is 14.1. The van der Waals surface area contributed by atoms with Gasteiger partial charge in [0.1, 0.15) is 11.5 Å². The van der Waals surface area contributed by atoms with Crippen LogP contribution in [0.25, 0.3) is 16.9 Å². The number of anilines is 1. The van der Waals surface area contributed by atoms with Gasteiger partial charge < -0.3 is 15.9 Å². The number of phenolic OH excluding ortho intramolecular Hbond substituents is 2. The fraction of sp³-hybridized carbons (Fsp3) is 0. The molecule has 0 aliphatic heterocycles. The zero-order valence-corrected chi connectivity index (χ0v) is 10.6. The molecule has 3 rings (SSSR count). The number of hydrogen-bond acceptors (Lipinski definition) is 4. The summed E-state index contributed by atoms with van der Waals surface area (Å²) >= 11 is 0. The molecular weight excluding hydrogens is 254 g/mol. The molecule has 1 aromatic heterocycles. The van der Waals surface area contributed by atoms with E-state index in [2.05, 4.69) is 5.10 Å². The van der Waals surface area contributed by atoms with Crippen LogP contribution in [-0.2, 0) is 0 Å². The van der Waals surface area contributed by atoms with E-state index < -0.39 is 0 Å². The third kappa shape index (κ3) is 2.05. The van der Waals surface area contributed by atoms with Gasteiger partial charge in [-0.15, -0.1) is 0 Å². The van der Waals surface area contributed by atoms with Crippen LogP contribution in [0.1, 0.15) is 0 Å². The molecular formula is C15H13N3O2. The van der Waals surface area contributed by atoms with Crippen LogP contribution in [0.2, 0.25) is 0 Å². The van der Waals surface area contributed by atoms with Crippen LogP contribution >= 0.6 is 0 Å². The summed E-state index contributed by atoms with van der Waals surface area (Å²) in [7, 11) is 0. The summed E-state index contributed by atoms with van der Waals surface area (Å²) in [6, 6.07) is 13.5. The van der Waals surface area contributed by atoms with Gasteiger partial charge in [-0.3, -0.25) is 0 Å². The summed E-state index contributed by atoms with van der Waals surface area (Å²) in [4.78, 5) is 0. The molecule has 5 heteroatoms. The smallest absolute Gasteiger partial charge is 0.128 e. The first-order valence-electron chi connectivity index (χ1n) is 6.07. The normalized spacial score (nSPS) is 10.6. The summed E-state index contributed by atoms with van der Waals surface area (Å²) < 4.78 is 1.70. The maximum Gasteiger partial charge on any atom is 0.128 e. The Morgan fingerprint density at radius 2 is 1.70 bits per heavy atom. The number of benzene rings is 2. The van der Waals surface area contributed by atoms with Gasteiger partial charge in [-0.25, -0.2) is 4.68 Å². The molecule has 100 valence electrons. The molecule has 0 aliphatic carbocycles. The van der Waals surface area contributed by atoms with Gasteiger partial charge in [-0.1, -0.05) is 0 Å². The molecule has 0 bridgehead atoms. The van der Waals surface area contributed by atoms with Crippen molar-refractivity contribution in [3.8, 4) is 28.4 Å². The van der Waals surface area contributed by atoms with Crippen molar-refractivity contribution >= 4 is 5.69 Å². The van der Waals surface area contributed by atoms with Crippen LogP contribution in [0.5, 0.6) is 11.5 Å². The Labute approximate surface area is 115 Å². The third-order valence-electron chi connectivity index (χ3n) is 3.04. The second-order valence-electron chi connectivity index (χ2n) is 4.42. The minimum atomic E-state index is 0.00203. The lowest BCUT2D eigenvalue weighted by molar-refractivity contribution is 0.451. The Balaban J connectivity index is 2.12. The summed E-state index contributed by atoms with van der Waals surface area (Å²) in [6.45, 7) is 0. The van der Waals surface area contributed by atoms with E-state index in [0.29, 0.717) is 11.3 Å². The molecule has 3 aromatic rings. The Bertz CT molecular complexity index is 748. The predicted octanol–water partition coefficient (Wildman–Crippen LogP) is 2.53. The summed E-state index contributed by atoms with van der Waals surface area (Å²) in [5.41, 5.74) is 8.51. The molecule has 0 amide bonds. The summed E-state index contributed by atoms with van der Waals surface area (Å²) in [6.07, 6.45) is 1.65.